The largest absolute Gasteiger partial charge is 0.495 e. The fourth-order valence-electron chi connectivity index (χ4n) is 3.50. The molecule has 6 nitrogen and oxygen atoms in total. The molecule has 3 N–H and O–H groups in total. The average Bonchev–Trinajstić information content (AvgIpc) is 3.35. The second-order valence-corrected chi connectivity index (χ2v) is 11.4. The van der Waals surface area contributed by atoms with Crippen molar-refractivity contribution in [1.82, 2.24) is 4.98 Å². The Labute approximate surface area is 245 Å². The topological polar surface area (TPSA) is 75.3 Å². The summed E-state index contributed by atoms with van der Waals surface area (Å²) < 4.78 is 5.36. The number of nitrogens with one attached hydrogen (secondary N) is 3. The second kappa shape index (κ2) is 13.3. The quantitative estimate of drug-likeness (QED) is 0.131. The number of thioether (sulfide) groups is 1. The number of hydrogen-bond acceptors (Lipinski definition) is 6. The Morgan fingerprint density at radius 3 is 2.66 bits per heavy atom. The number of carbonyl (C=O) groups is 1. The van der Waals surface area contributed by atoms with E-state index in [2.05, 4.69) is 20.9 Å². The third kappa shape index (κ3) is 7.39. The zero-order chi connectivity index (χ0) is 27.1. The number of anilines is 3. The number of thiocarbonyl (C=S) groups is 1. The van der Waals surface area contributed by atoms with Crippen molar-refractivity contribution in [1.29, 1.82) is 0 Å². The van der Waals surface area contributed by atoms with Gasteiger partial charge in [-0.3, -0.25) is 4.79 Å². The molecule has 1 unspecified atom stereocenters. The molecular formula is C27H24Cl2N4O2S3. The molecule has 0 aliphatic rings. The van der Waals surface area contributed by atoms with Crippen LogP contribution in [0.2, 0.25) is 10.0 Å². The lowest BCUT2D eigenvalue weighted by molar-refractivity contribution is -0.115. The smallest absolute Gasteiger partial charge is 0.239 e. The normalized spacial score (nSPS) is 11.5. The van der Waals surface area contributed by atoms with Crippen molar-refractivity contribution in [2.24, 2.45) is 0 Å². The zero-order valence-electron chi connectivity index (χ0n) is 20.5. The van der Waals surface area contributed by atoms with Crippen LogP contribution in [0.4, 0.5) is 16.5 Å². The molecule has 3 aromatic carbocycles. The minimum Gasteiger partial charge on any atom is -0.495 e. The lowest BCUT2D eigenvalue weighted by atomic mass is 10.2. The fraction of sp³-hybridized carbons (Fsp3) is 0.148. The molecule has 0 spiro atoms. The van der Waals surface area contributed by atoms with E-state index >= 15 is 0 Å². The number of thiazole rings is 1. The van der Waals surface area contributed by atoms with Gasteiger partial charge in [-0.1, -0.05) is 48.3 Å². The highest BCUT2D eigenvalue weighted by Crippen LogP contribution is 2.33. The van der Waals surface area contributed by atoms with E-state index in [-0.39, 0.29) is 11.2 Å². The molecule has 0 aliphatic heterocycles. The molecular weight excluding hydrogens is 579 g/mol. The highest BCUT2D eigenvalue weighted by molar-refractivity contribution is 8.00. The van der Waals surface area contributed by atoms with Crippen LogP contribution in [0.15, 0.2) is 77.0 Å². The summed E-state index contributed by atoms with van der Waals surface area (Å²) in [5.41, 5.74) is 3.02. The molecule has 0 bridgehead atoms. The van der Waals surface area contributed by atoms with Crippen LogP contribution in [0.5, 0.6) is 5.75 Å². The van der Waals surface area contributed by atoms with Gasteiger partial charge >= 0.3 is 0 Å². The van der Waals surface area contributed by atoms with E-state index < -0.39 is 0 Å². The Morgan fingerprint density at radius 1 is 1.08 bits per heavy atom. The Morgan fingerprint density at radius 2 is 1.89 bits per heavy atom. The van der Waals surface area contributed by atoms with Crippen LogP contribution in [0.3, 0.4) is 0 Å². The van der Waals surface area contributed by atoms with Gasteiger partial charge < -0.3 is 20.7 Å². The van der Waals surface area contributed by atoms with Crippen molar-refractivity contribution >= 4 is 86.0 Å². The monoisotopic (exact) mass is 602 g/mol. The molecule has 0 radical (unpaired) electrons. The van der Waals surface area contributed by atoms with Gasteiger partial charge in [-0.2, -0.15) is 0 Å². The predicted octanol–water partition coefficient (Wildman–Crippen LogP) is 8.44. The van der Waals surface area contributed by atoms with Gasteiger partial charge in [0.05, 0.1) is 28.8 Å². The molecule has 1 amide bonds. The molecule has 38 heavy (non-hydrogen) atoms. The van der Waals surface area contributed by atoms with E-state index in [0.29, 0.717) is 38.2 Å². The summed E-state index contributed by atoms with van der Waals surface area (Å²) in [6, 6.07) is 20.5. The maximum atomic E-state index is 13.1. The van der Waals surface area contributed by atoms with Crippen molar-refractivity contribution < 1.29 is 9.53 Å². The standard InChI is InChI=1S/C27H24Cl2N4O2S3/c1-3-24(25(34)33-27-32-22(15-37-27)19-12-11-16(28)13-20(19)29)38-18-8-6-7-17(14-18)30-26(36)31-21-9-4-5-10-23(21)35-2/h4-15,24H,3H2,1-2H3,(H2,30,31,36)(H,32,33,34). The number of nitrogens with zero attached hydrogens (tertiary/aromatic N) is 1. The van der Waals surface area contributed by atoms with Crippen molar-refractivity contribution in [3.05, 3.63) is 82.2 Å². The van der Waals surface area contributed by atoms with Crippen molar-refractivity contribution in [3.63, 3.8) is 0 Å². The van der Waals surface area contributed by atoms with E-state index in [1.165, 1.54) is 23.1 Å². The number of hydrogen-bond donors (Lipinski definition) is 3. The maximum absolute atomic E-state index is 13.1. The van der Waals surface area contributed by atoms with Gasteiger partial charge in [-0.05, 0) is 67.2 Å². The summed E-state index contributed by atoms with van der Waals surface area (Å²) in [4.78, 5) is 18.5. The zero-order valence-corrected chi connectivity index (χ0v) is 24.4. The van der Waals surface area contributed by atoms with E-state index in [1.807, 2.05) is 66.9 Å². The molecule has 1 heterocycles. The van der Waals surface area contributed by atoms with E-state index in [9.17, 15) is 4.79 Å². The molecule has 0 aliphatic carbocycles. The maximum Gasteiger partial charge on any atom is 0.239 e. The summed E-state index contributed by atoms with van der Waals surface area (Å²) in [5, 5.41) is 12.8. The van der Waals surface area contributed by atoms with Crippen molar-refractivity contribution in [2.75, 3.05) is 23.1 Å². The molecule has 196 valence electrons. The Kier molecular flexibility index (Phi) is 9.87. The summed E-state index contributed by atoms with van der Waals surface area (Å²) >= 11 is 20.6. The highest BCUT2D eigenvalue weighted by Gasteiger charge is 2.20. The minimum atomic E-state index is -0.310. The molecule has 0 saturated carbocycles. The van der Waals surface area contributed by atoms with Gasteiger partial charge in [0.1, 0.15) is 5.75 Å². The number of ether oxygens (including phenoxy) is 1. The molecule has 1 aromatic heterocycles. The SMILES string of the molecule is CCC(Sc1cccc(NC(=S)Nc2ccccc2OC)c1)C(=O)Nc1nc(-c2ccc(Cl)cc2Cl)cs1. The Balaban J connectivity index is 1.38. The number of carbonyl (C=O) groups excluding carboxylic acids is 1. The molecule has 0 saturated heterocycles. The van der Waals surface area contributed by atoms with Gasteiger partial charge in [0.25, 0.3) is 0 Å². The first kappa shape index (κ1) is 28.2. The first-order valence-corrected chi connectivity index (χ1v) is 14.5. The number of methoxy groups -OCH3 is 1. The van der Waals surface area contributed by atoms with Crippen LogP contribution in [-0.4, -0.2) is 28.4 Å². The third-order valence-electron chi connectivity index (χ3n) is 5.33. The molecule has 11 heteroatoms. The van der Waals surface area contributed by atoms with Gasteiger partial charge in [0.15, 0.2) is 10.2 Å². The summed E-state index contributed by atoms with van der Waals surface area (Å²) in [5.74, 6) is 0.577. The van der Waals surface area contributed by atoms with Crippen LogP contribution < -0.4 is 20.7 Å². The summed E-state index contributed by atoms with van der Waals surface area (Å²) in [6.07, 6.45) is 0.642. The van der Waals surface area contributed by atoms with Crippen LogP contribution in [-0.2, 0) is 4.79 Å². The highest BCUT2D eigenvalue weighted by atomic mass is 35.5. The number of aromatic nitrogens is 1. The lowest BCUT2D eigenvalue weighted by Crippen LogP contribution is -2.24. The number of benzene rings is 3. The Hall–Kier alpha value is -2.82. The Bertz CT molecular complexity index is 1450. The van der Waals surface area contributed by atoms with Crippen LogP contribution in [0, 0.1) is 0 Å². The molecule has 1 atom stereocenters. The van der Waals surface area contributed by atoms with E-state index in [4.69, 9.17) is 40.2 Å². The lowest BCUT2D eigenvalue weighted by Gasteiger charge is -2.16. The van der Waals surface area contributed by atoms with Gasteiger partial charge in [-0.15, -0.1) is 23.1 Å². The predicted molar refractivity (Wildman–Crippen MR) is 165 cm³/mol. The number of para-hydroxylation sites is 2. The fourth-order valence-corrected chi connectivity index (χ4v) is 5.96. The number of rotatable bonds is 9. The van der Waals surface area contributed by atoms with Crippen LogP contribution in [0.1, 0.15) is 13.3 Å². The first-order chi connectivity index (χ1) is 18.4. The van der Waals surface area contributed by atoms with Crippen LogP contribution >= 0.6 is 58.5 Å². The first-order valence-electron chi connectivity index (χ1n) is 11.6. The third-order valence-corrected chi connectivity index (χ3v) is 8.20. The minimum absolute atomic E-state index is 0.118. The molecule has 0 fully saturated rings. The second-order valence-electron chi connectivity index (χ2n) is 7.97. The van der Waals surface area contributed by atoms with Crippen molar-refractivity contribution in [3.8, 4) is 17.0 Å². The number of halogens is 2. The van der Waals surface area contributed by atoms with Crippen molar-refractivity contribution in [2.45, 2.75) is 23.5 Å². The molecule has 4 aromatic rings. The average molecular weight is 604 g/mol. The van der Waals surface area contributed by atoms with Gasteiger partial charge in [0, 0.05) is 26.5 Å². The molecule has 4 rings (SSSR count). The summed E-state index contributed by atoms with van der Waals surface area (Å²) in [7, 11) is 1.61. The van der Waals surface area contributed by atoms with E-state index in [0.717, 1.165) is 21.8 Å². The van der Waals surface area contributed by atoms with Gasteiger partial charge in [-0.25, -0.2) is 4.98 Å². The summed E-state index contributed by atoms with van der Waals surface area (Å²) in [6.45, 7) is 1.98. The van der Waals surface area contributed by atoms with Gasteiger partial charge in [0.2, 0.25) is 5.91 Å². The number of amides is 1. The van der Waals surface area contributed by atoms with Crippen LogP contribution in [0.25, 0.3) is 11.3 Å². The van der Waals surface area contributed by atoms with E-state index in [1.54, 1.807) is 19.2 Å².